The minimum absolute atomic E-state index is 0.0123. The zero-order valence-electron chi connectivity index (χ0n) is 24.3. The summed E-state index contributed by atoms with van der Waals surface area (Å²) in [5.41, 5.74) is 5.94. The molecule has 0 saturated heterocycles. The van der Waals surface area contributed by atoms with E-state index in [0.717, 1.165) is 46.6 Å². The molecule has 0 atom stereocenters. The van der Waals surface area contributed by atoms with E-state index in [-0.39, 0.29) is 23.8 Å². The number of allylic oxidation sites excluding steroid dienone is 1. The quantitative estimate of drug-likeness (QED) is 0.142. The first-order valence-electron chi connectivity index (χ1n) is 14.5. The maximum Gasteiger partial charge on any atom is 0.573 e. The summed E-state index contributed by atoms with van der Waals surface area (Å²) in [6, 6.07) is 19.7. The molecule has 234 valence electrons. The fraction of sp³-hybridized carbons (Fsp3) is 0.212. The van der Waals surface area contributed by atoms with E-state index >= 15 is 0 Å². The zero-order valence-corrected chi connectivity index (χ0v) is 24.3. The number of alkyl halides is 3. The highest BCUT2D eigenvalue weighted by Crippen LogP contribution is 2.41. The lowest BCUT2D eigenvalue weighted by atomic mass is 9.97. The molecule has 46 heavy (non-hydrogen) atoms. The van der Waals surface area contributed by atoms with Crippen LogP contribution in [0.4, 0.5) is 17.6 Å². The normalized spacial score (nSPS) is 12.7. The van der Waals surface area contributed by atoms with Gasteiger partial charge < -0.3 is 10.1 Å². The third-order valence-corrected chi connectivity index (χ3v) is 7.38. The Morgan fingerprint density at radius 3 is 2.59 bits per heavy atom. The molecule has 0 bridgehead atoms. The highest BCUT2D eigenvalue weighted by atomic mass is 19.4. The Hall–Kier alpha value is -5.46. The van der Waals surface area contributed by atoms with E-state index in [1.165, 1.54) is 30.5 Å². The van der Waals surface area contributed by atoms with Crippen LogP contribution in [0, 0.1) is 5.82 Å². The monoisotopic (exact) mass is 629 g/mol. The topological polar surface area (TPSA) is 108 Å². The Kier molecular flexibility index (Phi) is 8.81. The summed E-state index contributed by atoms with van der Waals surface area (Å²) in [5, 5.41) is 19.5. The van der Waals surface area contributed by atoms with Crippen LogP contribution in [0.15, 0.2) is 85.2 Å². The number of hydrogen-bond donors (Lipinski definition) is 1. The van der Waals surface area contributed by atoms with Gasteiger partial charge >= 0.3 is 6.36 Å². The van der Waals surface area contributed by atoms with Crippen LogP contribution in [0.2, 0.25) is 0 Å². The molecule has 9 nitrogen and oxygen atoms in total. The Balaban J connectivity index is 1.05. The molecule has 3 aromatic heterocycles. The molecule has 0 spiro atoms. The number of carbonyl (C=O) groups excluding carboxylic acids is 1. The molecule has 0 unspecified atom stereocenters. The smallest absolute Gasteiger partial charge is 0.406 e. The SMILES string of the molecule is O=C(NCc1cccc(OC(F)(F)F)c1)c1cn(CCCCc2cc3c(nn2)CC(c2ccccc2F)=C3c2ccccn2)nn1. The molecule has 1 amide bonds. The van der Waals surface area contributed by atoms with Gasteiger partial charge in [0.1, 0.15) is 11.6 Å². The number of fused-ring (bicyclic) bond motifs is 1. The second-order valence-electron chi connectivity index (χ2n) is 10.6. The van der Waals surface area contributed by atoms with Gasteiger partial charge in [-0.25, -0.2) is 4.39 Å². The number of unbranched alkanes of at least 4 members (excludes halogenated alkanes) is 1. The number of hydrogen-bond acceptors (Lipinski definition) is 7. The average molecular weight is 630 g/mol. The number of benzene rings is 2. The van der Waals surface area contributed by atoms with Crippen molar-refractivity contribution in [2.75, 3.05) is 0 Å². The first-order chi connectivity index (χ1) is 22.2. The van der Waals surface area contributed by atoms with Crippen molar-refractivity contribution < 1.29 is 27.1 Å². The van der Waals surface area contributed by atoms with Crippen molar-refractivity contribution >= 4 is 17.1 Å². The molecule has 0 aliphatic heterocycles. The number of aryl methyl sites for hydroxylation is 2. The van der Waals surface area contributed by atoms with Crippen molar-refractivity contribution in [1.29, 1.82) is 0 Å². The predicted molar refractivity (Wildman–Crippen MR) is 160 cm³/mol. The van der Waals surface area contributed by atoms with Crippen molar-refractivity contribution in [2.45, 2.75) is 45.1 Å². The molecule has 1 N–H and O–H groups in total. The molecule has 2 aromatic carbocycles. The summed E-state index contributed by atoms with van der Waals surface area (Å²) in [5.74, 6) is -1.17. The number of ether oxygens (including phenoxy) is 1. The number of amides is 1. The minimum Gasteiger partial charge on any atom is -0.406 e. The molecule has 6 rings (SSSR count). The van der Waals surface area contributed by atoms with Gasteiger partial charge in [0.2, 0.25) is 0 Å². The number of nitrogens with one attached hydrogen (secondary N) is 1. The van der Waals surface area contributed by atoms with E-state index in [0.29, 0.717) is 30.5 Å². The molecule has 3 heterocycles. The molecule has 1 aliphatic rings. The molecule has 0 radical (unpaired) electrons. The third kappa shape index (κ3) is 7.25. The molecule has 0 fully saturated rings. The van der Waals surface area contributed by atoms with E-state index in [1.54, 1.807) is 29.1 Å². The molecular formula is C33H27F4N7O2. The zero-order chi connectivity index (χ0) is 32.1. The van der Waals surface area contributed by atoms with Crippen LogP contribution < -0.4 is 10.1 Å². The second-order valence-corrected chi connectivity index (χ2v) is 10.6. The van der Waals surface area contributed by atoms with Crippen LogP contribution >= 0.6 is 0 Å². The van der Waals surface area contributed by atoms with Gasteiger partial charge in [-0.1, -0.05) is 41.6 Å². The Bertz CT molecular complexity index is 1890. The predicted octanol–water partition coefficient (Wildman–Crippen LogP) is 5.97. The first kappa shape index (κ1) is 30.6. The fourth-order valence-corrected chi connectivity index (χ4v) is 5.30. The first-order valence-corrected chi connectivity index (χ1v) is 14.5. The van der Waals surface area contributed by atoms with Crippen molar-refractivity contribution in [2.24, 2.45) is 0 Å². The van der Waals surface area contributed by atoms with Crippen LogP contribution in [-0.2, 0) is 25.9 Å². The number of aromatic nitrogens is 6. The summed E-state index contributed by atoms with van der Waals surface area (Å²) in [7, 11) is 0. The highest BCUT2D eigenvalue weighted by molar-refractivity contribution is 6.02. The highest BCUT2D eigenvalue weighted by Gasteiger charge is 2.31. The van der Waals surface area contributed by atoms with Gasteiger partial charge in [0.15, 0.2) is 5.69 Å². The fourth-order valence-electron chi connectivity index (χ4n) is 5.30. The Labute approximate surface area is 261 Å². The third-order valence-electron chi connectivity index (χ3n) is 7.38. The number of carbonyl (C=O) groups is 1. The van der Waals surface area contributed by atoms with Gasteiger partial charge in [0.25, 0.3) is 5.91 Å². The average Bonchev–Trinajstić information content (AvgIpc) is 3.67. The molecule has 0 saturated carbocycles. The summed E-state index contributed by atoms with van der Waals surface area (Å²) >= 11 is 0. The number of rotatable bonds is 11. The summed E-state index contributed by atoms with van der Waals surface area (Å²) in [4.78, 5) is 17.1. The van der Waals surface area contributed by atoms with Gasteiger partial charge in [-0.3, -0.25) is 14.5 Å². The van der Waals surface area contributed by atoms with Crippen molar-refractivity contribution in [3.8, 4) is 5.75 Å². The van der Waals surface area contributed by atoms with Crippen molar-refractivity contribution in [3.05, 3.63) is 130 Å². The Morgan fingerprint density at radius 2 is 1.78 bits per heavy atom. The lowest BCUT2D eigenvalue weighted by Crippen LogP contribution is -2.23. The molecule has 13 heteroatoms. The van der Waals surface area contributed by atoms with Gasteiger partial charge in [0.05, 0.1) is 23.3 Å². The van der Waals surface area contributed by atoms with Crippen molar-refractivity contribution in [3.63, 3.8) is 0 Å². The summed E-state index contributed by atoms with van der Waals surface area (Å²) in [6.45, 7) is 0.494. The Morgan fingerprint density at radius 1 is 0.935 bits per heavy atom. The number of halogens is 4. The van der Waals surface area contributed by atoms with Crippen LogP contribution in [-0.4, -0.2) is 42.4 Å². The minimum atomic E-state index is -4.80. The lowest BCUT2D eigenvalue weighted by molar-refractivity contribution is -0.274. The summed E-state index contributed by atoms with van der Waals surface area (Å²) < 4.78 is 57.7. The number of nitrogens with zero attached hydrogens (tertiary/aromatic N) is 6. The van der Waals surface area contributed by atoms with Crippen LogP contribution in [0.1, 0.15) is 57.1 Å². The van der Waals surface area contributed by atoms with Gasteiger partial charge in [0, 0.05) is 42.4 Å². The summed E-state index contributed by atoms with van der Waals surface area (Å²) in [6.07, 6.45) is 1.00. The second kappa shape index (κ2) is 13.3. The van der Waals surface area contributed by atoms with Gasteiger partial charge in [-0.05, 0) is 66.8 Å². The van der Waals surface area contributed by atoms with Crippen LogP contribution in [0.5, 0.6) is 5.75 Å². The molecule has 1 aliphatic carbocycles. The van der Waals surface area contributed by atoms with E-state index in [1.807, 2.05) is 30.3 Å². The molecule has 5 aromatic rings. The standard InChI is InChI=1S/C33H27F4N7O2/c34-27-12-2-1-11-24(27)25-18-29-26(31(25)28-13-3-5-14-38-28)17-22(40-41-29)9-4-6-15-44-20-30(42-43-44)32(45)39-19-21-8-7-10-23(16-21)46-33(35,36)37/h1-3,5,7-8,10-14,16-17,20H,4,6,9,15,18-19H2,(H,39,45). The van der Waals surface area contributed by atoms with E-state index in [9.17, 15) is 22.4 Å². The largest absolute Gasteiger partial charge is 0.573 e. The molecular weight excluding hydrogens is 602 g/mol. The van der Waals surface area contributed by atoms with Crippen LogP contribution in [0.25, 0.3) is 11.1 Å². The van der Waals surface area contributed by atoms with Crippen LogP contribution in [0.3, 0.4) is 0 Å². The van der Waals surface area contributed by atoms with Gasteiger partial charge in [-0.2, -0.15) is 10.2 Å². The van der Waals surface area contributed by atoms with E-state index in [2.05, 4.69) is 35.5 Å². The maximum atomic E-state index is 14.8. The number of pyridine rings is 1. The van der Waals surface area contributed by atoms with Crippen molar-refractivity contribution in [1.82, 2.24) is 35.5 Å². The lowest BCUT2D eigenvalue weighted by Gasteiger charge is -2.10. The van der Waals surface area contributed by atoms with E-state index < -0.39 is 12.3 Å². The maximum absolute atomic E-state index is 14.8. The van der Waals surface area contributed by atoms with E-state index in [4.69, 9.17) is 0 Å². The van der Waals surface area contributed by atoms with Gasteiger partial charge in [-0.15, -0.1) is 18.3 Å².